The first-order valence-electron chi connectivity index (χ1n) is 8.96. The molecule has 7 nitrogen and oxygen atoms in total. The molecule has 0 fully saturated rings. The van der Waals surface area contributed by atoms with E-state index in [1.54, 1.807) is 43.6 Å². The molecule has 2 N–H and O–H groups in total. The summed E-state index contributed by atoms with van der Waals surface area (Å²) in [5.41, 5.74) is 1.74. The van der Waals surface area contributed by atoms with E-state index < -0.39 is 0 Å². The Morgan fingerprint density at radius 1 is 1.10 bits per heavy atom. The zero-order valence-corrected chi connectivity index (χ0v) is 15.9. The molecule has 2 aromatic carbocycles. The first-order chi connectivity index (χ1) is 14.2. The van der Waals surface area contributed by atoms with Gasteiger partial charge in [0.2, 0.25) is 0 Å². The molecule has 0 unspecified atom stereocenters. The number of benzene rings is 2. The molecule has 1 aromatic heterocycles. The number of hydrogen-bond donors (Lipinski definition) is 2. The first-order valence-corrected chi connectivity index (χ1v) is 8.96. The van der Waals surface area contributed by atoms with Crippen LogP contribution >= 0.6 is 0 Å². The molecule has 0 aliphatic heterocycles. The van der Waals surface area contributed by atoms with Gasteiger partial charge in [-0.2, -0.15) is 5.26 Å². The Bertz CT molecular complexity index is 1010. The zero-order valence-electron chi connectivity index (χ0n) is 15.9. The van der Waals surface area contributed by atoms with Gasteiger partial charge >= 0.3 is 0 Å². The number of carbonyl (C=O) groups excluding carboxylic acids is 1. The predicted molar refractivity (Wildman–Crippen MR) is 109 cm³/mol. The van der Waals surface area contributed by atoms with E-state index in [4.69, 9.17) is 14.7 Å². The second-order valence-electron chi connectivity index (χ2n) is 6.03. The Kier molecular flexibility index (Phi) is 6.63. The summed E-state index contributed by atoms with van der Waals surface area (Å²) in [5, 5.41) is 14.9. The Balaban J connectivity index is 1.51. The van der Waals surface area contributed by atoms with Crippen molar-refractivity contribution in [1.29, 1.82) is 5.26 Å². The second-order valence-corrected chi connectivity index (χ2v) is 6.03. The number of methoxy groups -OCH3 is 1. The number of anilines is 2. The molecular formula is C22H20N4O3. The number of nitrogens with one attached hydrogen (secondary N) is 2. The quantitative estimate of drug-likeness (QED) is 0.573. The molecule has 29 heavy (non-hydrogen) atoms. The Morgan fingerprint density at radius 3 is 2.66 bits per heavy atom. The lowest BCUT2D eigenvalue weighted by Gasteiger charge is -2.10. The van der Waals surface area contributed by atoms with E-state index in [1.165, 1.54) is 0 Å². The fraction of sp³-hybridized carbons (Fsp3) is 0.136. The molecule has 0 spiro atoms. The molecule has 3 aromatic rings. The van der Waals surface area contributed by atoms with E-state index in [0.717, 1.165) is 11.4 Å². The average molecular weight is 388 g/mol. The van der Waals surface area contributed by atoms with Gasteiger partial charge in [0, 0.05) is 17.4 Å². The van der Waals surface area contributed by atoms with Crippen molar-refractivity contribution in [3.8, 4) is 17.6 Å². The molecule has 1 amide bonds. The summed E-state index contributed by atoms with van der Waals surface area (Å²) in [5.74, 6) is 1.75. The van der Waals surface area contributed by atoms with E-state index in [1.807, 2.05) is 30.3 Å². The minimum absolute atomic E-state index is 0.223. The molecule has 0 saturated carbocycles. The van der Waals surface area contributed by atoms with Crippen molar-refractivity contribution in [3.05, 3.63) is 78.0 Å². The summed E-state index contributed by atoms with van der Waals surface area (Å²) >= 11 is 0. The Morgan fingerprint density at radius 2 is 1.90 bits per heavy atom. The molecule has 0 aliphatic rings. The van der Waals surface area contributed by atoms with Gasteiger partial charge in [0.25, 0.3) is 5.91 Å². The van der Waals surface area contributed by atoms with Crippen LogP contribution in [0.2, 0.25) is 0 Å². The van der Waals surface area contributed by atoms with E-state index in [2.05, 4.69) is 21.7 Å². The molecule has 3 rings (SSSR count). The van der Waals surface area contributed by atoms with E-state index in [0.29, 0.717) is 35.8 Å². The molecule has 1 heterocycles. The van der Waals surface area contributed by atoms with Crippen LogP contribution in [0.15, 0.2) is 66.9 Å². The number of nitrogens with zero attached hydrogens (tertiary/aromatic N) is 2. The number of hydrogen-bond acceptors (Lipinski definition) is 6. The maximum absolute atomic E-state index is 12.4. The third kappa shape index (κ3) is 5.71. The summed E-state index contributed by atoms with van der Waals surface area (Å²) in [4.78, 5) is 16.6. The number of rotatable bonds is 8. The highest BCUT2D eigenvalue weighted by Gasteiger charge is 2.07. The number of pyridine rings is 1. The molecule has 0 atom stereocenters. The van der Waals surface area contributed by atoms with Crippen LogP contribution in [0.3, 0.4) is 0 Å². The van der Waals surface area contributed by atoms with Crippen molar-refractivity contribution in [2.24, 2.45) is 0 Å². The molecule has 0 aliphatic carbocycles. The minimum Gasteiger partial charge on any atom is -0.497 e. The van der Waals surface area contributed by atoms with Crippen molar-refractivity contribution in [1.82, 2.24) is 10.3 Å². The second kappa shape index (κ2) is 9.76. The summed E-state index contributed by atoms with van der Waals surface area (Å²) in [6.45, 7) is 0.704. The summed E-state index contributed by atoms with van der Waals surface area (Å²) in [7, 11) is 1.61. The predicted octanol–water partition coefficient (Wildman–Crippen LogP) is 3.51. The number of aromatic nitrogens is 1. The highest BCUT2D eigenvalue weighted by Crippen LogP contribution is 2.17. The summed E-state index contributed by atoms with van der Waals surface area (Å²) in [6.07, 6.45) is 1.55. The van der Waals surface area contributed by atoms with E-state index in [9.17, 15) is 4.79 Å². The van der Waals surface area contributed by atoms with Gasteiger partial charge in [-0.25, -0.2) is 4.98 Å². The Labute approximate surface area is 168 Å². The Hall–Kier alpha value is -4.05. The van der Waals surface area contributed by atoms with Crippen molar-refractivity contribution in [2.75, 3.05) is 25.6 Å². The summed E-state index contributed by atoms with van der Waals surface area (Å²) < 4.78 is 10.7. The molecule has 7 heteroatoms. The van der Waals surface area contributed by atoms with Crippen LogP contribution in [-0.2, 0) is 0 Å². The van der Waals surface area contributed by atoms with Gasteiger partial charge in [-0.15, -0.1) is 0 Å². The van der Waals surface area contributed by atoms with Crippen molar-refractivity contribution in [2.45, 2.75) is 0 Å². The topological polar surface area (TPSA) is 96.3 Å². The lowest BCUT2D eigenvalue weighted by molar-refractivity contribution is 0.0947. The van der Waals surface area contributed by atoms with Crippen LogP contribution < -0.4 is 20.1 Å². The fourth-order valence-corrected chi connectivity index (χ4v) is 2.56. The average Bonchev–Trinajstić information content (AvgIpc) is 2.77. The monoisotopic (exact) mass is 388 g/mol. The maximum Gasteiger partial charge on any atom is 0.251 e. The van der Waals surface area contributed by atoms with Crippen molar-refractivity contribution in [3.63, 3.8) is 0 Å². The summed E-state index contributed by atoms with van der Waals surface area (Å²) in [6, 6.07) is 19.6. The third-order valence-electron chi connectivity index (χ3n) is 4.00. The highest BCUT2D eigenvalue weighted by molar-refractivity contribution is 5.94. The lowest BCUT2D eigenvalue weighted by atomic mass is 10.2. The van der Waals surface area contributed by atoms with Crippen LogP contribution in [0.1, 0.15) is 15.9 Å². The van der Waals surface area contributed by atoms with Crippen molar-refractivity contribution < 1.29 is 14.3 Å². The number of ether oxygens (including phenoxy) is 2. The number of carbonyl (C=O) groups is 1. The van der Waals surface area contributed by atoms with Gasteiger partial charge < -0.3 is 20.1 Å². The number of amides is 1. The zero-order chi connectivity index (χ0) is 20.5. The van der Waals surface area contributed by atoms with Crippen LogP contribution in [0.25, 0.3) is 0 Å². The van der Waals surface area contributed by atoms with Crippen LogP contribution in [-0.4, -0.2) is 31.2 Å². The van der Waals surface area contributed by atoms with Gasteiger partial charge in [-0.05, 0) is 54.6 Å². The van der Waals surface area contributed by atoms with Crippen LogP contribution in [0.4, 0.5) is 11.5 Å². The van der Waals surface area contributed by atoms with Gasteiger partial charge in [-0.1, -0.05) is 6.07 Å². The normalized spacial score (nSPS) is 9.93. The van der Waals surface area contributed by atoms with E-state index >= 15 is 0 Å². The fourth-order valence-electron chi connectivity index (χ4n) is 2.56. The lowest BCUT2D eigenvalue weighted by Crippen LogP contribution is -2.28. The SMILES string of the molecule is COc1ccc(OCCNC(=O)c2ccnc(Nc3cccc(C#N)c3)c2)cc1. The largest absolute Gasteiger partial charge is 0.497 e. The molecule has 0 bridgehead atoms. The minimum atomic E-state index is -0.223. The third-order valence-corrected chi connectivity index (χ3v) is 4.00. The number of nitriles is 1. The molecular weight excluding hydrogens is 368 g/mol. The van der Waals surface area contributed by atoms with Gasteiger partial charge in [0.15, 0.2) is 0 Å². The highest BCUT2D eigenvalue weighted by atomic mass is 16.5. The molecule has 0 radical (unpaired) electrons. The maximum atomic E-state index is 12.4. The van der Waals surface area contributed by atoms with E-state index in [-0.39, 0.29) is 5.91 Å². The van der Waals surface area contributed by atoms with Gasteiger partial charge in [-0.3, -0.25) is 4.79 Å². The first kappa shape index (κ1) is 19.7. The van der Waals surface area contributed by atoms with Crippen LogP contribution in [0.5, 0.6) is 11.5 Å². The van der Waals surface area contributed by atoms with Gasteiger partial charge in [0.1, 0.15) is 23.9 Å². The smallest absolute Gasteiger partial charge is 0.251 e. The van der Waals surface area contributed by atoms with Crippen LogP contribution in [0, 0.1) is 11.3 Å². The van der Waals surface area contributed by atoms with Crippen molar-refractivity contribution >= 4 is 17.4 Å². The standard InChI is InChI=1S/C22H20N4O3/c1-28-19-5-7-20(8-6-19)29-12-11-25-22(27)17-9-10-24-21(14-17)26-18-4-2-3-16(13-18)15-23/h2-10,13-14H,11-12H2,1H3,(H,24,26)(H,25,27). The van der Waals surface area contributed by atoms with Gasteiger partial charge in [0.05, 0.1) is 25.3 Å². The molecule has 0 saturated heterocycles. The molecule has 146 valence electrons.